The number of hydrogen-bond donors (Lipinski definition) is 2. The van der Waals surface area contributed by atoms with E-state index in [4.69, 9.17) is 4.52 Å². The number of carbonyl (C=O) groups excluding carboxylic acids is 2. The number of rotatable bonds is 8. The van der Waals surface area contributed by atoms with E-state index in [2.05, 4.69) is 20.8 Å². The first-order valence-corrected chi connectivity index (χ1v) is 21.1. The Bertz CT molecular complexity index is 2460. The van der Waals surface area contributed by atoms with Gasteiger partial charge < -0.3 is 15.2 Å². The number of nitrogens with one attached hydrogen (secondary N) is 2. The lowest BCUT2D eigenvalue weighted by atomic mass is 9.93. The third-order valence-electron chi connectivity index (χ3n) is 8.94. The topological polar surface area (TPSA) is 165 Å². The Hall–Kier alpha value is -4.61. The van der Waals surface area contributed by atoms with Crippen LogP contribution in [0, 0.1) is 0 Å². The molecule has 5 aromatic rings. The summed E-state index contributed by atoms with van der Waals surface area (Å²) in [4.78, 5) is 29.5. The maximum atomic E-state index is 13.2. The second-order valence-electron chi connectivity index (χ2n) is 16.1. The van der Waals surface area contributed by atoms with Gasteiger partial charge in [0.15, 0.2) is 30.6 Å². The number of alkyl halides is 3. The molecule has 2 amide bonds. The summed E-state index contributed by atoms with van der Waals surface area (Å²) in [6.07, 6.45) is -4.58. The average molecular weight is 835 g/mol. The number of aromatic nitrogens is 2. The number of nitrogens with zero attached hydrogens (tertiary/aromatic N) is 2. The van der Waals surface area contributed by atoms with Crippen LogP contribution in [0.3, 0.4) is 0 Å². The molecule has 0 saturated carbocycles. The van der Waals surface area contributed by atoms with Gasteiger partial charge >= 0.3 is 6.18 Å². The zero-order valence-electron chi connectivity index (χ0n) is 32.6. The van der Waals surface area contributed by atoms with Gasteiger partial charge in [0.25, 0.3) is 0 Å². The number of benzene rings is 3. The Morgan fingerprint density at radius 1 is 0.661 bits per heavy atom. The van der Waals surface area contributed by atoms with E-state index in [-0.39, 0.29) is 31.6 Å². The Morgan fingerprint density at radius 2 is 1.18 bits per heavy atom. The zero-order chi connectivity index (χ0) is 42.3. The van der Waals surface area contributed by atoms with Crippen LogP contribution in [0.2, 0.25) is 0 Å². The van der Waals surface area contributed by atoms with Crippen molar-refractivity contribution in [1.29, 1.82) is 0 Å². The van der Waals surface area contributed by atoms with Crippen LogP contribution in [0.4, 0.5) is 24.1 Å². The number of carbonyl (C=O) groups is 2. The highest BCUT2D eigenvalue weighted by Gasteiger charge is 2.45. The summed E-state index contributed by atoms with van der Waals surface area (Å²) in [5, 5.41) is 12.6. The first-order chi connectivity index (χ1) is 25.5. The molecule has 0 fully saturated rings. The van der Waals surface area contributed by atoms with E-state index < -0.39 is 52.7 Å². The first kappa shape index (κ1) is 44.1. The van der Waals surface area contributed by atoms with E-state index in [9.17, 15) is 39.6 Å². The first-order valence-electron chi connectivity index (χ1n) is 17.2. The summed E-state index contributed by atoms with van der Waals surface area (Å²) < 4.78 is 91.8. The molecule has 2 heterocycles. The van der Waals surface area contributed by atoms with Gasteiger partial charge in [-0.3, -0.25) is 9.59 Å². The minimum absolute atomic E-state index is 0.0990. The molecule has 302 valence electrons. The highest BCUT2D eigenvalue weighted by molar-refractivity contribution is 7.94. The van der Waals surface area contributed by atoms with Gasteiger partial charge in [0.05, 0.1) is 21.0 Å². The molecule has 5 rings (SSSR count). The number of halogens is 3. The highest BCUT2D eigenvalue weighted by atomic mass is 32.2. The minimum atomic E-state index is -4.58. The van der Waals surface area contributed by atoms with Gasteiger partial charge in [-0.1, -0.05) is 77.0 Å². The summed E-state index contributed by atoms with van der Waals surface area (Å²) in [6, 6.07) is 17.0. The normalized spacial score (nSPS) is 13.2. The van der Waals surface area contributed by atoms with Crippen molar-refractivity contribution in [3.8, 4) is 0 Å². The van der Waals surface area contributed by atoms with E-state index in [1.54, 1.807) is 23.6 Å². The summed E-state index contributed by atoms with van der Waals surface area (Å²) in [5.41, 5.74) is -0.730. The maximum absolute atomic E-state index is 13.2. The molecule has 0 saturated heterocycles. The Balaban J connectivity index is 0.000000249. The van der Waals surface area contributed by atoms with Crippen molar-refractivity contribution in [2.45, 2.75) is 106 Å². The fourth-order valence-corrected chi connectivity index (χ4v) is 8.59. The molecule has 0 spiro atoms. The lowest BCUT2D eigenvalue weighted by Crippen LogP contribution is -2.44. The molecule has 2 aromatic heterocycles. The van der Waals surface area contributed by atoms with Crippen molar-refractivity contribution in [1.82, 2.24) is 10.1 Å². The molecule has 56 heavy (non-hydrogen) atoms. The monoisotopic (exact) mass is 834 g/mol. The van der Waals surface area contributed by atoms with Crippen LogP contribution in [0.5, 0.6) is 0 Å². The smallest absolute Gasteiger partial charge is 0.359 e. The molecule has 0 unspecified atom stereocenters. The van der Waals surface area contributed by atoms with Crippen LogP contribution in [0.15, 0.2) is 92.5 Å². The fourth-order valence-electron chi connectivity index (χ4n) is 4.87. The van der Waals surface area contributed by atoms with Crippen LogP contribution < -0.4 is 10.6 Å². The number of hydrogen-bond acceptors (Lipinski definition) is 10. The van der Waals surface area contributed by atoms with Crippen molar-refractivity contribution in [2.24, 2.45) is 0 Å². The van der Waals surface area contributed by atoms with Gasteiger partial charge in [0.2, 0.25) is 11.8 Å². The summed E-state index contributed by atoms with van der Waals surface area (Å²) in [5.74, 6) is -0.702. The average Bonchev–Trinajstić information content (AvgIpc) is 3.78. The lowest BCUT2D eigenvalue weighted by molar-refractivity contribution is -0.137. The Labute approximate surface area is 328 Å². The van der Waals surface area contributed by atoms with Crippen LogP contribution in [0.25, 0.3) is 10.8 Å². The number of thiazole rings is 1. The van der Waals surface area contributed by atoms with Crippen molar-refractivity contribution in [3.05, 3.63) is 95.2 Å². The molecule has 11 nitrogen and oxygen atoms in total. The van der Waals surface area contributed by atoms with E-state index in [0.717, 1.165) is 28.6 Å². The van der Waals surface area contributed by atoms with Crippen molar-refractivity contribution < 1.29 is 44.1 Å². The molecule has 3 aromatic carbocycles. The van der Waals surface area contributed by atoms with Crippen molar-refractivity contribution >= 4 is 64.5 Å². The fraction of sp³-hybridized carbons (Fsp3) is 0.385. The minimum Gasteiger partial charge on any atom is -0.359 e. The van der Waals surface area contributed by atoms with Gasteiger partial charge in [0, 0.05) is 22.3 Å². The van der Waals surface area contributed by atoms with Gasteiger partial charge in [-0.15, -0.1) is 11.3 Å². The SMILES string of the molecule is CC(C)(C)c1cc(NC(=O)C(C)(C)S(=O)(=O)c2ccc3ccccc3c2)no1.CC(C)(C)c1csc(NC(=O)C(C)(C)S(=O)(=O)c2ccc(C(F)(F)F)cc2)n1. The van der Waals surface area contributed by atoms with Gasteiger partial charge in [-0.2, -0.15) is 13.2 Å². The molecule has 2 N–H and O–H groups in total. The predicted molar refractivity (Wildman–Crippen MR) is 211 cm³/mol. The molecule has 0 atom stereocenters. The number of amides is 2. The largest absolute Gasteiger partial charge is 0.416 e. The van der Waals surface area contributed by atoms with Gasteiger partial charge in [-0.25, -0.2) is 21.8 Å². The molecule has 0 aliphatic carbocycles. The second-order valence-corrected chi connectivity index (χ2v) is 21.9. The van der Waals surface area contributed by atoms with E-state index in [1.165, 1.54) is 45.1 Å². The number of sulfone groups is 2. The maximum Gasteiger partial charge on any atom is 0.416 e. The van der Waals surface area contributed by atoms with Crippen LogP contribution in [-0.2, 0) is 46.3 Å². The second kappa shape index (κ2) is 15.4. The van der Waals surface area contributed by atoms with Crippen LogP contribution in [-0.4, -0.2) is 48.3 Å². The van der Waals surface area contributed by atoms with Crippen molar-refractivity contribution in [2.75, 3.05) is 10.6 Å². The Morgan fingerprint density at radius 3 is 1.68 bits per heavy atom. The summed E-state index contributed by atoms with van der Waals surface area (Å²) in [6.45, 7) is 16.9. The van der Waals surface area contributed by atoms with Gasteiger partial charge in [-0.05, 0) is 74.9 Å². The molecular weight excluding hydrogens is 790 g/mol. The standard InChI is InChI=1S/C21H24N2O4S.C18H21F3N2O3S2/c1-20(2,3)17-13-18(23-27-17)22-19(24)21(4,5)28(25,26)16-11-10-14-8-6-7-9-15(14)12-16;1-16(2,3)13-10-27-15(22-13)23-14(24)17(4,5)28(25,26)12-8-6-11(7-9-12)18(19,20)21/h6-13H,1-5H3,(H,22,23,24);6-10H,1-5H3,(H,22,23,24). The van der Waals surface area contributed by atoms with Crippen LogP contribution in [0.1, 0.15) is 86.3 Å². The third kappa shape index (κ3) is 9.32. The molecule has 0 radical (unpaired) electrons. The molecular formula is C39H45F3N4O7S3. The summed E-state index contributed by atoms with van der Waals surface area (Å²) in [7, 11) is -8.19. The van der Waals surface area contributed by atoms with E-state index in [0.29, 0.717) is 17.9 Å². The van der Waals surface area contributed by atoms with Crippen molar-refractivity contribution in [3.63, 3.8) is 0 Å². The molecule has 17 heteroatoms. The third-order valence-corrected chi connectivity index (χ3v) is 14.5. The van der Waals surface area contributed by atoms with Crippen LogP contribution >= 0.6 is 11.3 Å². The quantitative estimate of drug-likeness (QED) is 0.155. The highest BCUT2D eigenvalue weighted by Crippen LogP contribution is 2.34. The lowest BCUT2D eigenvalue weighted by Gasteiger charge is -2.23. The molecule has 0 bridgehead atoms. The molecule has 0 aliphatic rings. The predicted octanol–water partition coefficient (Wildman–Crippen LogP) is 8.97. The molecule has 0 aliphatic heterocycles. The number of anilines is 2. The zero-order valence-corrected chi connectivity index (χ0v) is 35.1. The van der Waals surface area contributed by atoms with Gasteiger partial charge in [0.1, 0.15) is 15.3 Å². The number of fused-ring (bicyclic) bond motifs is 1. The van der Waals surface area contributed by atoms with E-state index >= 15 is 0 Å². The van der Waals surface area contributed by atoms with E-state index in [1.807, 2.05) is 65.8 Å². The Kier molecular flexibility index (Phi) is 12.1. The summed E-state index contributed by atoms with van der Waals surface area (Å²) >= 11 is 1.17.